The lowest BCUT2D eigenvalue weighted by atomic mass is 10.2. The van der Waals surface area contributed by atoms with E-state index in [4.69, 9.17) is 5.11 Å². The molecule has 0 spiro atoms. The van der Waals surface area contributed by atoms with E-state index in [1.165, 1.54) is 0 Å². The number of rotatable bonds is 3. The molecule has 20 heavy (non-hydrogen) atoms. The van der Waals surface area contributed by atoms with Crippen molar-refractivity contribution in [2.24, 2.45) is 0 Å². The number of nitrogens with one attached hydrogen (secondary N) is 1. The maximum absolute atomic E-state index is 12.1. The number of aliphatic carboxylic acids is 1. The fourth-order valence-corrected chi connectivity index (χ4v) is 2.63. The molecule has 2 unspecified atom stereocenters. The zero-order chi connectivity index (χ0) is 14.7. The Kier molecular flexibility index (Phi) is 4.51. The second-order valence-electron chi connectivity index (χ2n) is 4.56. The number of benzene rings is 1. The molecule has 2 atom stereocenters. The number of aliphatic hydroxyl groups is 1. The van der Waals surface area contributed by atoms with Crippen LogP contribution in [0.15, 0.2) is 29.2 Å². The third-order valence-electron chi connectivity index (χ3n) is 3.15. The molecular formula is C13H16N2O4S. The van der Waals surface area contributed by atoms with Gasteiger partial charge in [-0.1, -0.05) is 6.07 Å². The lowest BCUT2D eigenvalue weighted by Crippen LogP contribution is -2.43. The third kappa shape index (κ3) is 3.23. The first kappa shape index (κ1) is 14.7. The van der Waals surface area contributed by atoms with Crippen molar-refractivity contribution in [1.82, 2.24) is 4.90 Å². The van der Waals surface area contributed by atoms with E-state index in [1.54, 1.807) is 17.8 Å². The summed E-state index contributed by atoms with van der Waals surface area (Å²) in [4.78, 5) is 25.3. The first-order valence-electron chi connectivity index (χ1n) is 6.14. The minimum absolute atomic E-state index is 0.0328. The molecule has 1 heterocycles. The monoisotopic (exact) mass is 296 g/mol. The number of aliphatic hydroxyl groups excluding tert-OH is 1. The van der Waals surface area contributed by atoms with Crippen molar-refractivity contribution in [3.63, 3.8) is 0 Å². The van der Waals surface area contributed by atoms with Gasteiger partial charge in [-0.05, 0) is 24.5 Å². The number of thioether (sulfide) groups is 1. The number of carbonyl (C=O) groups is 2. The molecule has 0 saturated carbocycles. The molecule has 7 heteroatoms. The van der Waals surface area contributed by atoms with Gasteiger partial charge in [0.15, 0.2) is 0 Å². The summed E-state index contributed by atoms with van der Waals surface area (Å²) >= 11 is 1.55. The largest absolute Gasteiger partial charge is 0.480 e. The van der Waals surface area contributed by atoms with Gasteiger partial charge in [0.25, 0.3) is 0 Å². The van der Waals surface area contributed by atoms with Crippen LogP contribution in [-0.4, -0.2) is 52.1 Å². The molecule has 1 aromatic carbocycles. The first-order valence-corrected chi connectivity index (χ1v) is 7.36. The molecule has 3 N–H and O–H groups in total. The Labute approximate surface area is 120 Å². The van der Waals surface area contributed by atoms with Crippen molar-refractivity contribution in [1.29, 1.82) is 0 Å². The Morgan fingerprint density at radius 1 is 1.45 bits per heavy atom. The van der Waals surface area contributed by atoms with Gasteiger partial charge in [-0.25, -0.2) is 9.59 Å². The molecule has 0 aromatic heterocycles. The van der Waals surface area contributed by atoms with Crippen molar-refractivity contribution >= 4 is 29.4 Å². The predicted molar refractivity (Wildman–Crippen MR) is 76.0 cm³/mol. The van der Waals surface area contributed by atoms with Crippen molar-refractivity contribution in [2.75, 3.05) is 18.1 Å². The minimum atomic E-state index is -1.10. The topological polar surface area (TPSA) is 89.9 Å². The highest BCUT2D eigenvalue weighted by Gasteiger charge is 2.38. The third-order valence-corrected chi connectivity index (χ3v) is 3.87. The number of carboxylic acid groups (broad SMARTS) is 1. The van der Waals surface area contributed by atoms with Gasteiger partial charge in [0.05, 0.1) is 6.10 Å². The number of likely N-dealkylation sites (tertiary alicyclic amines) is 1. The SMILES string of the molecule is CSc1cccc(NC(=O)N2CC(O)CC2C(=O)O)c1. The number of urea groups is 1. The van der Waals surface area contributed by atoms with Crippen molar-refractivity contribution < 1.29 is 19.8 Å². The van der Waals surface area contributed by atoms with Crippen molar-refractivity contribution in [3.8, 4) is 0 Å². The molecule has 1 saturated heterocycles. The number of carbonyl (C=O) groups excluding carboxylic acids is 1. The molecule has 1 aliphatic rings. The molecule has 2 rings (SSSR count). The molecule has 1 aromatic rings. The summed E-state index contributed by atoms with van der Waals surface area (Å²) in [6.07, 6.45) is 1.20. The number of amides is 2. The van der Waals surface area contributed by atoms with E-state index in [-0.39, 0.29) is 13.0 Å². The highest BCUT2D eigenvalue weighted by molar-refractivity contribution is 7.98. The van der Waals surface area contributed by atoms with Gasteiger partial charge in [0, 0.05) is 23.5 Å². The normalized spacial score (nSPS) is 21.8. The van der Waals surface area contributed by atoms with Crippen LogP contribution in [-0.2, 0) is 4.79 Å². The molecule has 0 bridgehead atoms. The van der Waals surface area contributed by atoms with Crippen molar-refractivity contribution in [3.05, 3.63) is 24.3 Å². The fourth-order valence-electron chi connectivity index (χ4n) is 2.17. The van der Waals surface area contributed by atoms with E-state index < -0.39 is 24.1 Å². The Hall–Kier alpha value is -1.73. The van der Waals surface area contributed by atoms with E-state index in [0.717, 1.165) is 9.80 Å². The van der Waals surface area contributed by atoms with Crippen LogP contribution in [0.25, 0.3) is 0 Å². The molecule has 1 fully saturated rings. The number of nitrogens with zero attached hydrogens (tertiary/aromatic N) is 1. The molecule has 108 valence electrons. The van der Waals surface area contributed by atoms with Gasteiger partial charge in [-0.2, -0.15) is 0 Å². The van der Waals surface area contributed by atoms with E-state index in [0.29, 0.717) is 5.69 Å². The Morgan fingerprint density at radius 2 is 2.20 bits per heavy atom. The van der Waals surface area contributed by atoms with Gasteiger partial charge in [0.1, 0.15) is 6.04 Å². The maximum Gasteiger partial charge on any atom is 0.326 e. The number of β-amino-alcohol motifs (C(OH)–C–C–N with tert-alkyl or cyclic N) is 1. The first-order chi connectivity index (χ1) is 9.51. The van der Waals surface area contributed by atoms with Crippen LogP contribution in [0.4, 0.5) is 10.5 Å². The Balaban J connectivity index is 2.09. The highest BCUT2D eigenvalue weighted by atomic mass is 32.2. The minimum Gasteiger partial charge on any atom is -0.480 e. The molecule has 0 aliphatic carbocycles. The number of anilines is 1. The molecule has 6 nitrogen and oxygen atoms in total. The van der Waals surface area contributed by atoms with Crippen LogP contribution in [0.5, 0.6) is 0 Å². The van der Waals surface area contributed by atoms with Crippen LogP contribution >= 0.6 is 11.8 Å². The Bertz CT molecular complexity index is 523. The molecule has 0 radical (unpaired) electrons. The number of hydrogen-bond acceptors (Lipinski definition) is 4. The quantitative estimate of drug-likeness (QED) is 0.735. The van der Waals surface area contributed by atoms with Crippen LogP contribution in [0.3, 0.4) is 0 Å². The van der Waals surface area contributed by atoms with Crippen LogP contribution < -0.4 is 5.32 Å². The second kappa shape index (κ2) is 6.15. The van der Waals surface area contributed by atoms with E-state index in [9.17, 15) is 14.7 Å². The zero-order valence-electron chi connectivity index (χ0n) is 10.9. The van der Waals surface area contributed by atoms with Crippen molar-refractivity contribution in [2.45, 2.75) is 23.5 Å². The summed E-state index contributed by atoms with van der Waals surface area (Å²) in [5, 5.41) is 21.3. The van der Waals surface area contributed by atoms with Gasteiger partial charge in [0.2, 0.25) is 0 Å². The van der Waals surface area contributed by atoms with Gasteiger partial charge in [-0.15, -0.1) is 11.8 Å². The summed E-state index contributed by atoms with van der Waals surface area (Å²) < 4.78 is 0. The van der Waals surface area contributed by atoms with Gasteiger partial charge in [-0.3, -0.25) is 0 Å². The fraction of sp³-hybridized carbons (Fsp3) is 0.385. The average molecular weight is 296 g/mol. The highest BCUT2D eigenvalue weighted by Crippen LogP contribution is 2.22. The summed E-state index contributed by atoms with van der Waals surface area (Å²) in [6, 6.07) is 5.79. The number of carboxylic acids is 1. The molecule has 1 aliphatic heterocycles. The standard InChI is InChI=1S/C13H16N2O4S/c1-20-10-4-2-3-8(5-10)14-13(19)15-7-9(16)6-11(15)12(17)18/h2-5,9,11,16H,6-7H2,1H3,(H,14,19)(H,17,18). The van der Waals surface area contributed by atoms with Crippen LogP contribution in [0.2, 0.25) is 0 Å². The summed E-state index contributed by atoms with van der Waals surface area (Å²) in [5.41, 5.74) is 0.604. The Morgan fingerprint density at radius 3 is 2.85 bits per heavy atom. The molecular weight excluding hydrogens is 280 g/mol. The van der Waals surface area contributed by atoms with E-state index >= 15 is 0 Å². The van der Waals surface area contributed by atoms with Crippen LogP contribution in [0.1, 0.15) is 6.42 Å². The van der Waals surface area contributed by atoms with Gasteiger partial charge >= 0.3 is 12.0 Å². The zero-order valence-corrected chi connectivity index (χ0v) is 11.8. The maximum atomic E-state index is 12.1. The predicted octanol–water partition coefficient (Wildman–Crippen LogP) is 1.46. The second-order valence-corrected chi connectivity index (χ2v) is 5.44. The summed E-state index contributed by atoms with van der Waals surface area (Å²) in [5.74, 6) is -1.10. The van der Waals surface area contributed by atoms with E-state index in [2.05, 4.69) is 5.32 Å². The van der Waals surface area contributed by atoms with E-state index in [1.807, 2.05) is 24.5 Å². The number of hydrogen-bond donors (Lipinski definition) is 3. The lowest BCUT2D eigenvalue weighted by molar-refractivity contribution is -0.141. The lowest BCUT2D eigenvalue weighted by Gasteiger charge is -2.21. The summed E-state index contributed by atoms with van der Waals surface area (Å²) in [6.45, 7) is 0.0328. The smallest absolute Gasteiger partial charge is 0.326 e. The molecule has 2 amide bonds. The van der Waals surface area contributed by atoms with Gasteiger partial charge < -0.3 is 20.4 Å². The average Bonchev–Trinajstić information content (AvgIpc) is 2.81. The summed E-state index contributed by atoms with van der Waals surface area (Å²) in [7, 11) is 0. The van der Waals surface area contributed by atoms with Crippen LogP contribution in [0, 0.1) is 0 Å².